The van der Waals surface area contributed by atoms with Gasteiger partial charge in [-0.2, -0.15) is 0 Å². The summed E-state index contributed by atoms with van der Waals surface area (Å²) in [6.07, 6.45) is 7.69. The third-order valence-corrected chi connectivity index (χ3v) is 2.49. The molecular formula is C12H19IO2. The van der Waals surface area contributed by atoms with E-state index in [0.29, 0.717) is 6.42 Å². The molecule has 0 aliphatic carbocycles. The van der Waals surface area contributed by atoms with Crippen LogP contribution in [0.5, 0.6) is 0 Å². The molecule has 86 valence electrons. The molecule has 0 amide bonds. The zero-order chi connectivity index (χ0) is 11.4. The van der Waals surface area contributed by atoms with Crippen LogP contribution < -0.4 is 0 Å². The minimum atomic E-state index is -0.121. The van der Waals surface area contributed by atoms with Crippen molar-refractivity contribution in [2.24, 2.45) is 0 Å². The summed E-state index contributed by atoms with van der Waals surface area (Å²) in [7, 11) is 0. The highest BCUT2D eigenvalue weighted by molar-refractivity contribution is 14.1. The summed E-state index contributed by atoms with van der Waals surface area (Å²) in [4.78, 5) is 11.1. The quantitative estimate of drug-likeness (QED) is 0.295. The van der Waals surface area contributed by atoms with E-state index in [1.54, 1.807) is 0 Å². The zero-order valence-corrected chi connectivity index (χ0v) is 11.5. The van der Waals surface area contributed by atoms with Crippen LogP contribution in [0.3, 0.4) is 0 Å². The third kappa shape index (κ3) is 11.7. The lowest BCUT2D eigenvalue weighted by molar-refractivity contribution is -0.142. The highest BCUT2D eigenvalue weighted by Gasteiger charge is 2.00. The van der Waals surface area contributed by atoms with Gasteiger partial charge in [0, 0.05) is 29.0 Å². The second kappa shape index (κ2) is 11.8. The molecular weight excluding hydrogens is 303 g/mol. The number of halogens is 1. The van der Waals surface area contributed by atoms with Gasteiger partial charge < -0.3 is 4.74 Å². The molecule has 0 fully saturated rings. The van der Waals surface area contributed by atoms with Crippen LogP contribution in [0.4, 0.5) is 0 Å². The maximum absolute atomic E-state index is 11.1. The topological polar surface area (TPSA) is 26.3 Å². The Kier molecular flexibility index (Phi) is 11.6. The summed E-state index contributed by atoms with van der Waals surface area (Å²) in [6, 6.07) is 0. The van der Waals surface area contributed by atoms with Gasteiger partial charge in [-0.05, 0) is 10.3 Å². The molecule has 0 aromatic heterocycles. The van der Waals surface area contributed by atoms with Gasteiger partial charge in [-0.25, -0.2) is 0 Å². The molecule has 0 atom stereocenters. The van der Waals surface area contributed by atoms with Gasteiger partial charge in [0.05, 0.1) is 0 Å². The average Bonchev–Trinajstić information content (AvgIpc) is 2.23. The Morgan fingerprint density at radius 3 is 2.53 bits per heavy atom. The Balaban J connectivity index is 3.19. The largest absolute Gasteiger partial charge is 0.452 e. The van der Waals surface area contributed by atoms with Gasteiger partial charge >= 0.3 is 5.97 Å². The fraction of sp³-hybridized carbons (Fsp3) is 0.750. The molecule has 0 aliphatic rings. The van der Waals surface area contributed by atoms with E-state index < -0.39 is 0 Å². The van der Waals surface area contributed by atoms with Crippen molar-refractivity contribution in [2.75, 3.05) is 6.61 Å². The monoisotopic (exact) mass is 322 g/mol. The number of carbonyl (C=O) groups is 1. The Morgan fingerprint density at radius 2 is 1.87 bits per heavy atom. The number of unbranched alkanes of at least 4 members (excludes halogenated alkanes) is 5. The minimum absolute atomic E-state index is 0.121. The highest BCUT2D eigenvalue weighted by Crippen LogP contribution is 2.07. The molecule has 0 aliphatic heterocycles. The molecule has 0 aromatic rings. The van der Waals surface area contributed by atoms with Gasteiger partial charge in [0.1, 0.15) is 0 Å². The van der Waals surface area contributed by atoms with E-state index in [4.69, 9.17) is 4.74 Å². The summed E-state index contributed by atoms with van der Waals surface area (Å²) < 4.78 is 7.55. The predicted octanol–water partition coefficient (Wildman–Crippen LogP) is 3.68. The molecule has 3 heteroatoms. The lowest BCUT2D eigenvalue weighted by atomic mass is 10.1. The summed E-state index contributed by atoms with van der Waals surface area (Å²) >= 11 is 1.93. The number of hydrogen-bond donors (Lipinski definition) is 0. The first-order chi connectivity index (χ1) is 7.31. The van der Waals surface area contributed by atoms with E-state index in [-0.39, 0.29) is 12.6 Å². The van der Waals surface area contributed by atoms with Crippen LogP contribution in [0.25, 0.3) is 0 Å². The zero-order valence-electron chi connectivity index (χ0n) is 9.35. The van der Waals surface area contributed by atoms with E-state index >= 15 is 0 Å². The minimum Gasteiger partial charge on any atom is -0.452 e. The lowest BCUT2D eigenvalue weighted by Crippen LogP contribution is -2.04. The van der Waals surface area contributed by atoms with Crippen LogP contribution >= 0.6 is 22.6 Å². The van der Waals surface area contributed by atoms with Gasteiger partial charge in [0.25, 0.3) is 0 Å². The van der Waals surface area contributed by atoms with Crippen LogP contribution in [0, 0.1) is 9.85 Å². The molecule has 0 bridgehead atoms. The van der Waals surface area contributed by atoms with Crippen molar-refractivity contribution < 1.29 is 9.53 Å². The van der Waals surface area contributed by atoms with Crippen molar-refractivity contribution in [3.63, 3.8) is 0 Å². The molecule has 0 unspecified atom stereocenters. The first kappa shape index (κ1) is 14.8. The van der Waals surface area contributed by atoms with E-state index in [9.17, 15) is 4.79 Å². The average molecular weight is 322 g/mol. The smallest absolute Gasteiger partial charge is 0.306 e. The van der Waals surface area contributed by atoms with Crippen molar-refractivity contribution in [1.29, 1.82) is 0 Å². The van der Waals surface area contributed by atoms with E-state index in [1.165, 1.54) is 25.7 Å². The standard InChI is InChI=1S/C12H19IO2/c1-2-3-4-5-6-7-9-12(14)15-11-8-10-13/h2-7,9,11H2,1H3. The fourth-order valence-electron chi connectivity index (χ4n) is 1.27. The lowest BCUT2D eigenvalue weighted by Gasteiger charge is -2.01. The van der Waals surface area contributed by atoms with Gasteiger partial charge in [0.2, 0.25) is 0 Å². The highest BCUT2D eigenvalue weighted by atomic mass is 127. The number of esters is 1. The Bertz CT molecular complexity index is 215. The molecule has 0 saturated carbocycles. The van der Waals surface area contributed by atoms with Gasteiger partial charge in [-0.1, -0.05) is 44.9 Å². The van der Waals surface area contributed by atoms with E-state index in [2.05, 4.69) is 16.8 Å². The molecule has 0 spiro atoms. The Labute approximate surface area is 106 Å². The van der Waals surface area contributed by atoms with Gasteiger partial charge in [-0.15, -0.1) is 0 Å². The predicted molar refractivity (Wildman–Crippen MR) is 70.7 cm³/mol. The molecule has 0 radical (unpaired) electrons. The van der Waals surface area contributed by atoms with Crippen LogP contribution in [0.1, 0.15) is 51.9 Å². The van der Waals surface area contributed by atoms with Crippen molar-refractivity contribution in [1.82, 2.24) is 0 Å². The Hall–Kier alpha value is -0.240. The van der Waals surface area contributed by atoms with Crippen molar-refractivity contribution in [3.05, 3.63) is 0 Å². The van der Waals surface area contributed by atoms with Crippen LogP contribution in [0.15, 0.2) is 0 Å². The molecule has 0 N–H and O–H groups in total. The van der Waals surface area contributed by atoms with Crippen molar-refractivity contribution >= 4 is 28.6 Å². The van der Waals surface area contributed by atoms with Crippen molar-refractivity contribution in [3.8, 4) is 9.85 Å². The number of rotatable bonds is 8. The van der Waals surface area contributed by atoms with Gasteiger partial charge in [0.15, 0.2) is 6.61 Å². The van der Waals surface area contributed by atoms with E-state index in [0.717, 1.165) is 12.8 Å². The second-order valence-corrected chi connectivity index (χ2v) is 3.99. The van der Waals surface area contributed by atoms with Crippen molar-refractivity contribution in [2.45, 2.75) is 51.9 Å². The molecule has 0 rings (SSSR count). The normalized spacial score (nSPS) is 9.20. The first-order valence-electron chi connectivity index (χ1n) is 5.55. The molecule has 0 aromatic carbocycles. The number of hydrogen-bond acceptors (Lipinski definition) is 2. The second-order valence-electron chi connectivity index (χ2n) is 3.45. The molecule has 15 heavy (non-hydrogen) atoms. The maximum atomic E-state index is 11.1. The summed E-state index contributed by atoms with van der Waals surface area (Å²) in [5, 5.41) is 0. The summed E-state index contributed by atoms with van der Waals surface area (Å²) in [6.45, 7) is 2.43. The Morgan fingerprint density at radius 1 is 1.20 bits per heavy atom. The van der Waals surface area contributed by atoms with Gasteiger partial charge in [-0.3, -0.25) is 4.79 Å². The SMILES string of the molecule is CCCCCCCCC(=O)OCC#CI. The number of ether oxygens (including phenoxy) is 1. The fourth-order valence-corrected chi connectivity index (χ4v) is 1.42. The summed E-state index contributed by atoms with van der Waals surface area (Å²) in [5.41, 5.74) is 0. The van der Waals surface area contributed by atoms with Crippen LogP contribution in [-0.2, 0) is 9.53 Å². The number of carbonyl (C=O) groups excluding carboxylic acids is 1. The molecule has 0 heterocycles. The maximum Gasteiger partial charge on any atom is 0.306 e. The third-order valence-electron chi connectivity index (χ3n) is 2.11. The first-order valence-corrected chi connectivity index (χ1v) is 6.63. The van der Waals surface area contributed by atoms with Crippen LogP contribution in [-0.4, -0.2) is 12.6 Å². The molecule has 0 saturated heterocycles. The molecule has 2 nitrogen and oxygen atoms in total. The summed E-state index contributed by atoms with van der Waals surface area (Å²) in [5.74, 6) is 2.57. The van der Waals surface area contributed by atoms with Crippen LogP contribution in [0.2, 0.25) is 0 Å². The van der Waals surface area contributed by atoms with E-state index in [1.807, 2.05) is 22.6 Å².